The number of furan rings is 1. The molecule has 0 bridgehead atoms. The summed E-state index contributed by atoms with van der Waals surface area (Å²) >= 11 is 0. The molecule has 0 saturated heterocycles. The molecule has 2 heterocycles. The number of amides is 3. The van der Waals surface area contributed by atoms with Crippen LogP contribution in [0, 0.1) is 0 Å². The highest BCUT2D eigenvalue weighted by atomic mass is 16.3. The minimum absolute atomic E-state index is 0.177. The van der Waals surface area contributed by atoms with Crippen molar-refractivity contribution in [3.05, 3.63) is 66.6 Å². The third-order valence-corrected chi connectivity index (χ3v) is 4.45. The molecule has 0 unspecified atom stereocenters. The average Bonchev–Trinajstić information content (AvgIpc) is 3.20. The summed E-state index contributed by atoms with van der Waals surface area (Å²) in [5.41, 5.74) is 2.79. The quantitative estimate of drug-likeness (QED) is 0.727. The molecule has 0 atom stereocenters. The van der Waals surface area contributed by atoms with E-state index in [4.69, 9.17) is 4.42 Å². The molecule has 3 amide bonds. The molecule has 0 spiro atoms. The summed E-state index contributed by atoms with van der Waals surface area (Å²) in [4.78, 5) is 40.2. The highest BCUT2D eigenvalue weighted by Gasteiger charge is 2.32. The topological polar surface area (TPSA) is 82.9 Å². The number of anilines is 5. The van der Waals surface area contributed by atoms with Crippen molar-refractivity contribution >= 4 is 46.2 Å². The van der Waals surface area contributed by atoms with Crippen molar-refractivity contribution < 1.29 is 18.8 Å². The predicted molar refractivity (Wildman–Crippen MR) is 105 cm³/mol. The molecule has 7 nitrogen and oxygen atoms in total. The van der Waals surface area contributed by atoms with Crippen LogP contribution in [0.5, 0.6) is 0 Å². The zero-order valence-electron chi connectivity index (χ0n) is 15.3. The molecule has 0 fully saturated rings. The number of hydrogen-bond donors (Lipinski definition) is 1. The maximum Gasteiger partial charge on any atom is 0.291 e. The summed E-state index contributed by atoms with van der Waals surface area (Å²) in [6.45, 7) is 2.93. The molecule has 1 N–H and O–H groups in total. The van der Waals surface area contributed by atoms with E-state index in [1.54, 1.807) is 53.4 Å². The highest BCUT2D eigenvalue weighted by Crippen LogP contribution is 2.48. The van der Waals surface area contributed by atoms with Gasteiger partial charge in [-0.25, -0.2) is 0 Å². The van der Waals surface area contributed by atoms with Crippen molar-refractivity contribution in [2.24, 2.45) is 0 Å². The molecule has 3 aromatic rings. The molecule has 4 rings (SSSR count). The highest BCUT2D eigenvalue weighted by molar-refractivity contribution is 6.16. The van der Waals surface area contributed by atoms with Gasteiger partial charge in [-0.1, -0.05) is 12.1 Å². The fourth-order valence-corrected chi connectivity index (χ4v) is 3.35. The van der Waals surface area contributed by atoms with Crippen LogP contribution in [0.1, 0.15) is 24.4 Å². The van der Waals surface area contributed by atoms with Gasteiger partial charge in [0, 0.05) is 19.5 Å². The molecule has 0 radical (unpaired) electrons. The molecule has 0 aliphatic carbocycles. The van der Waals surface area contributed by atoms with Crippen molar-refractivity contribution in [3.63, 3.8) is 0 Å². The Morgan fingerprint density at radius 1 is 0.786 bits per heavy atom. The lowest BCUT2D eigenvalue weighted by Crippen LogP contribution is -2.34. The Balaban J connectivity index is 1.82. The van der Waals surface area contributed by atoms with Crippen LogP contribution >= 0.6 is 0 Å². The van der Waals surface area contributed by atoms with Gasteiger partial charge in [0.25, 0.3) is 5.91 Å². The van der Waals surface area contributed by atoms with Gasteiger partial charge in [-0.2, -0.15) is 0 Å². The first-order valence-corrected chi connectivity index (χ1v) is 8.66. The van der Waals surface area contributed by atoms with Crippen LogP contribution in [-0.2, 0) is 9.59 Å². The molecule has 0 saturated carbocycles. The van der Waals surface area contributed by atoms with E-state index < -0.39 is 5.91 Å². The number of carbonyl (C=O) groups is 3. The smallest absolute Gasteiger partial charge is 0.291 e. The first-order chi connectivity index (χ1) is 13.5. The van der Waals surface area contributed by atoms with Crippen LogP contribution in [0.3, 0.4) is 0 Å². The van der Waals surface area contributed by atoms with Crippen LogP contribution in [0.25, 0.3) is 0 Å². The second-order valence-corrected chi connectivity index (χ2v) is 6.33. The van der Waals surface area contributed by atoms with Crippen molar-refractivity contribution in [2.75, 3.05) is 15.1 Å². The summed E-state index contributed by atoms with van der Waals surface area (Å²) in [5, 5.41) is 2.75. The Kier molecular flexibility index (Phi) is 4.19. The summed E-state index contributed by atoms with van der Waals surface area (Å²) < 4.78 is 5.11. The van der Waals surface area contributed by atoms with Crippen molar-refractivity contribution in [3.8, 4) is 0 Å². The van der Waals surface area contributed by atoms with E-state index in [1.165, 1.54) is 25.0 Å². The molecule has 140 valence electrons. The Hall–Kier alpha value is -3.87. The normalized spacial score (nSPS) is 12.2. The van der Waals surface area contributed by atoms with Crippen molar-refractivity contribution in [1.82, 2.24) is 0 Å². The largest absolute Gasteiger partial charge is 0.459 e. The molecular weight excluding hydrogens is 358 g/mol. The Labute approximate surface area is 161 Å². The number of fused-ring (bicyclic) bond motifs is 2. The van der Waals surface area contributed by atoms with Gasteiger partial charge >= 0.3 is 0 Å². The van der Waals surface area contributed by atoms with Crippen LogP contribution < -0.4 is 15.1 Å². The molecule has 7 heteroatoms. The van der Waals surface area contributed by atoms with Crippen LogP contribution in [0.15, 0.2) is 65.3 Å². The number of rotatable bonds is 2. The van der Waals surface area contributed by atoms with Gasteiger partial charge in [0.2, 0.25) is 11.8 Å². The van der Waals surface area contributed by atoms with Gasteiger partial charge in [0.15, 0.2) is 5.76 Å². The maximum atomic E-state index is 12.4. The van der Waals surface area contributed by atoms with E-state index in [0.717, 1.165) is 0 Å². The van der Waals surface area contributed by atoms with Crippen LogP contribution in [-0.4, -0.2) is 17.7 Å². The number of benzene rings is 2. The zero-order chi connectivity index (χ0) is 19.8. The third-order valence-electron chi connectivity index (χ3n) is 4.45. The number of nitrogens with one attached hydrogen (secondary N) is 1. The summed E-state index contributed by atoms with van der Waals surface area (Å²) in [6, 6.07) is 15.4. The molecule has 1 aliphatic rings. The predicted octanol–water partition coefficient (Wildman–Crippen LogP) is 4.21. The van der Waals surface area contributed by atoms with Gasteiger partial charge in [0.1, 0.15) is 0 Å². The van der Waals surface area contributed by atoms with E-state index in [1.807, 2.05) is 6.07 Å². The zero-order valence-corrected chi connectivity index (χ0v) is 15.3. The fourth-order valence-electron chi connectivity index (χ4n) is 3.35. The molecule has 28 heavy (non-hydrogen) atoms. The minimum atomic E-state index is -0.404. The van der Waals surface area contributed by atoms with Gasteiger partial charge in [-0.05, 0) is 42.5 Å². The van der Waals surface area contributed by atoms with E-state index in [9.17, 15) is 14.4 Å². The van der Waals surface area contributed by atoms with Gasteiger partial charge in [-0.3, -0.25) is 24.2 Å². The number of carbonyl (C=O) groups excluding carboxylic acids is 3. The third kappa shape index (κ3) is 2.83. The second-order valence-electron chi connectivity index (χ2n) is 6.33. The standard InChI is InChI=1S/C21H17N3O4/c1-13(25)23-16-6-3-4-7-17(16)24(14(2)26)19-12-15(9-10-18(19)23)22-21(27)20-8-5-11-28-20/h3-12H,1-2H3,(H,22,27). The molecular formula is C21H17N3O4. The monoisotopic (exact) mass is 375 g/mol. The average molecular weight is 375 g/mol. The lowest BCUT2D eigenvalue weighted by atomic mass is 10.1. The lowest BCUT2D eigenvalue weighted by molar-refractivity contribution is -0.117. The minimum Gasteiger partial charge on any atom is -0.459 e. The van der Waals surface area contributed by atoms with Crippen molar-refractivity contribution in [1.29, 1.82) is 0 Å². The SMILES string of the molecule is CC(=O)N1c2ccccc2N(C(C)=O)c2cc(NC(=O)c3ccco3)ccc21. The fraction of sp³-hybridized carbons (Fsp3) is 0.0952. The Morgan fingerprint density at radius 2 is 1.39 bits per heavy atom. The van der Waals surface area contributed by atoms with Gasteiger partial charge < -0.3 is 9.73 Å². The summed E-state index contributed by atoms with van der Waals surface area (Å²) in [5.74, 6) is -0.605. The van der Waals surface area contributed by atoms with E-state index in [0.29, 0.717) is 28.4 Å². The molecule has 1 aliphatic heterocycles. The van der Waals surface area contributed by atoms with Crippen LogP contribution in [0.2, 0.25) is 0 Å². The maximum absolute atomic E-state index is 12.4. The molecule has 1 aromatic heterocycles. The van der Waals surface area contributed by atoms with Gasteiger partial charge in [-0.15, -0.1) is 0 Å². The van der Waals surface area contributed by atoms with E-state index in [2.05, 4.69) is 5.32 Å². The second kappa shape index (κ2) is 6.70. The van der Waals surface area contributed by atoms with Gasteiger partial charge in [0.05, 0.1) is 29.0 Å². The van der Waals surface area contributed by atoms with Crippen molar-refractivity contribution in [2.45, 2.75) is 13.8 Å². The molecule has 2 aromatic carbocycles. The summed E-state index contributed by atoms with van der Waals surface area (Å²) in [6.07, 6.45) is 1.42. The lowest BCUT2D eigenvalue weighted by Gasteiger charge is -2.37. The Morgan fingerprint density at radius 3 is 1.96 bits per heavy atom. The summed E-state index contributed by atoms with van der Waals surface area (Å²) in [7, 11) is 0. The van der Waals surface area contributed by atoms with Crippen LogP contribution in [0.4, 0.5) is 28.4 Å². The first kappa shape index (κ1) is 17.5. The number of para-hydroxylation sites is 2. The number of hydrogen-bond acceptors (Lipinski definition) is 4. The van der Waals surface area contributed by atoms with E-state index >= 15 is 0 Å². The number of nitrogens with zero attached hydrogens (tertiary/aromatic N) is 2. The van der Waals surface area contributed by atoms with E-state index in [-0.39, 0.29) is 17.6 Å². The Bertz CT molecular complexity index is 1090. The first-order valence-electron chi connectivity index (χ1n) is 8.66.